The molecule has 1 aromatic carbocycles. The van der Waals surface area contributed by atoms with Crippen LogP contribution in [-0.2, 0) is 4.74 Å². The largest absolute Gasteiger partial charge is 0.389 e. The van der Waals surface area contributed by atoms with Crippen LogP contribution in [0, 0.1) is 12.8 Å². The molecule has 2 N–H and O–H groups in total. The maximum Gasteiger partial charge on any atom is 0.389 e. The molecule has 1 aromatic heterocycles. The standard InChI is InChI=1S/C27H36F3N5O2/c1-18-3-4-22(31-17-33-6-5-20(15-33)14-27(28,29)30)13-23(18)21-11-25(34-7-9-37-10-8-34)32-26(12-21)35-16-24(36)19(35)2/h3-4,11-13,19-20,24,31,36H,5-10,14-17H2,1-2H3/t19-,20-,24+/m0/s1. The van der Waals surface area contributed by atoms with Crippen LogP contribution in [0.1, 0.15) is 25.3 Å². The first kappa shape index (κ1) is 26.1. The van der Waals surface area contributed by atoms with Crippen LogP contribution in [0.2, 0.25) is 0 Å². The van der Waals surface area contributed by atoms with Crippen molar-refractivity contribution < 1.29 is 23.0 Å². The molecule has 0 amide bonds. The van der Waals surface area contributed by atoms with Gasteiger partial charge in [0.05, 0.1) is 32.0 Å². The number of ether oxygens (including phenoxy) is 1. The molecule has 3 fully saturated rings. The number of hydrogen-bond donors (Lipinski definition) is 2. The summed E-state index contributed by atoms with van der Waals surface area (Å²) in [6, 6.07) is 10.4. The van der Waals surface area contributed by atoms with E-state index in [0.29, 0.717) is 45.9 Å². The quantitative estimate of drug-likeness (QED) is 0.571. The van der Waals surface area contributed by atoms with Crippen LogP contribution in [0.15, 0.2) is 30.3 Å². The van der Waals surface area contributed by atoms with Crippen molar-refractivity contribution in [2.75, 3.05) is 67.7 Å². The molecule has 4 heterocycles. The van der Waals surface area contributed by atoms with Crippen LogP contribution in [0.5, 0.6) is 0 Å². The van der Waals surface area contributed by atoms with Crippen LogP contribution in [0.3, 0.4) is 0 Å². The minimum atomic E-state index is -4.10. The Labute approximate surface area is 216 Å². The van der Waals surface area contributed by atoms with E-state index in [9.17, 15) is 18.3 Å². The number of nitrogens with one attached hydrogen (secondary N) is 1. The first-order valence-corrected chi connectivity index (χ1v) is 13.1. The molecule has 3 aliphatic heterocycles. The highest BCUT2D eigenvalue weighted by molar-refractivity contribution is 5.76. The van der Waals surface area contributed by atoms with Gasteiger partial charge < -0.3 is 25.0 Å². The topological polar surface area (TPSA) is 64.1 Å². The summed E-state index contributed by atoms with van der Waals surface area (Å²) in [5, 5.41) is 13.5. The molecule has 2 aromatic rings. The van der Waals surface area contributed by atoms with Gasteiger partial charge in [-0.15, -0.1) is 0 Å². The average molecular weight is 520 g/mol. The Kier molecular flexibility index (Phi) is 7.51. The molecule has 5 rings (SSSR count). The highest BCUT2D eigenvalue weighted by Gasteiger charge is 2.36. The second kappa shape index (κ2) is 10.7. The van der Waals surface area contributed by atoms with Gasteiger partial charge in [-0.05, 0) is 67.1 Å². The van der Waals surface area contributed by atoms with Gasteiger partial charge >= 0.3 is 6.18 Å². The van der Waals surface area contributed by atoms with Gasteiger partial charge in [0.1, 0.15) is 11.6 Å². The Morgan fingerprint density at radius 1 is 1.08 bits per heavy atom. The first-order chi connectivity index (χ1) is 17.7. The van der Waals surface area contributed by atoms with Crippen molar-refractivity contribution in [1.29, 1.82) is 0 Å². The zero-order valence-corrected chi connectivity index (χ0v) is 21.5. The molecule has 0 bridgehead atoms. The summed E-state index contributed by atoms with van der Waals surface area (Å²) in [4.78, 5) is 11.4. The number of aromatic nitrogens is 1. The number of hydrogen-bond acceptors (Lipinski definition) is 7. The van der Waals surface area contributed by atoms with E-state index in [-0.39, 0.29) is 18.1 Å². The third-order valence-corrected chi connectivity index (χ3v) is 7.81. The predicted molar refractivity (Wildman–Crippen MR) is 139 cm³/mol. The lowest BCUT2D eigenvalue weighted by Gasteiger charge is -2.44. The normalized spacial score (nSPS) is 24.9. The van der Waals surface area contributed by atoms with E-state index in [4.69, 9.17) is 9.72 Å². The predicted octanol–water partition coefficient (Wildman–Crippen LogP) is 4.11. The third-order valence-electron chi connectivity index (χ3n) is 7.81. The van der Waals surface area contributed by atoms with E-state index in [1.54, 1.807) is 0 Å². The summed E-state index contributed by atoms with van der Waals surface area (Å²) in [7, 11) is 0. The number of morpholine rings is 1. The number of aliphatic hydroxyl groups excluding tert-OH is 1. The third kappa shape index (κ3) is 6.13. The molecule has 3 saturated heterocycles. The fourth-order valence-electron chi connectivity index (χ4n) is 5.45. The van der Waals surface area contributed by atoms with Crippen molar-refractivity contribution in [3.8, 4) is 11.1 Å². The van der Waals surface area contributed by atoms with Crippen LogP contribution in [0.25, 0.3) is 11.1 Å². The molecular formula is C27H36F3N5O2. The van der Waals surface area contributed by atoms with Crippen LogP contribution >= 0.6 is 0 Å². The fraction of sp³-hybridized carbons (Fsp3) is 0.593. The zero-order chi connectivity index (χ0) is 26.2. The maximum absolute atomic E-state index is 12.8. The number of rotatable bonds is 7. The molecular weight excluding hydrogens is 483 g/mol. The number of nitrogens with zero attached hydrogens (tertiary/aromatic N) is 4. The van der Waals surface area contributed by atoms with Crippen molar-refractivity contribution in [3.63, 3.8) is 0 Å². The fourth-order valence-corrected chi connectivity index (χ4v) is 5.45. The lowest BCUT2D eigenvalue weighted by atomic mass is 9.98. The summed E-state index contributed by atoms with van der Waals surface area (Å²) in [5.41, 5.74) is 4.18. The first-order valence-electron chi connectivity index (χ1n) is 13.1. The summed E-state index contributed by atoms with van der Waals surface area (Å²) in [5.74, 6) is 1.42. The minimum Gasteiger partial charge on any atom is -0.389 e. The van der Waals surface area contributed by atoms with Gasteiger partial charge in [-0.25, -0.2) is 4.98 Å². The molecule has 0 radical (unpaired) electrons. The van der Waals surface area contributed by atoms with Crippen molar-refractivity contribution in [2.45, 2.75) is 45.0 Å². The van der Waals surface area contributed by atoms with Crippen molar-refractivity contribution in [2.24, 2.45) is 5.92 Å². The summed E-state index contributed by atoms with van der Waals surface area (Å²) >= 11 is 0. The molecule has 3 atom stereocenters. The lowest BCUT2D eigenvalue weighted by Crippen LogP contribution is -2.59. The second-order valence-electron chi connectivity index (χ2n) is 10.5. The molecule has 0 spiro atoms. The number of β-amino-alcohol motifs (C(OH)–C–C–N with tert-alkyl or cyclic N) is 1. The number of aliphatic hydroxyl groups is 1. The Hall–Kier alpha value is -2.56. The molecule has 7 nitrogen and oxygen atoms in total. The molecule has 3 aliphatic rings. The van der Waals surface area contributed by atoms with E-state index >= 15 is 0 Å². The Balaban J connectivity index is 1.35. The van der Waals surface area contributed by atoms with Gasteiger partial charge in [-0.1, -0.05) is 6.07 Å². The van der Waals surface area contributed by atoms with Gasteiger partial charge in [-0.3, -0.25) is 4.90 Å². The van der Waals surface area contributed by atoms with Crippen molar-refractivity contribution >= 4 is 17.3 Å². The molecule has 0 aliphatic carbocycles. The number of anilines is 3. The summed E-state index contributed by atoms with van der Waals surface area (Å²) in [6.07, 6.45) is -4.59. The number of aryl methyl sites for hydroxylation is 1. The van der Waals surface area contributed by atoms with E-state index < -0.39 is 12.6 Å². The lowest BCUT2D eigenvalue weighted by molar-refractivity contribution is -0.143. The van der Waals surface area contributed by atoms with Crippen LogP contribution in [0.4, 0.5) is 30.5 Å². The maximum atomic E-state index is 12.8. The zero-order valence-electron chi connectivity index (χ0n) is 21.5. The number of benzene rings is 1. The van der Waals surface area contributed by atoms with Gasteiger partial charge in [0.15, 0.2) is 0 Å². The van der Waals surface area contributed by atoms with Crippen LogP contribution < -0.4 is 15.1 Å². The number of likely N-dealkylation sites (tertiary alicyclic amines) is 1. The minimum absolute atomic E-state index is 0.0102. The Bertz CT molecular complexity index is 1070. The molecule has 202 valence electrons. The highest BCUT2D eigenvalue weighted by Crippen LogP contribution is 2.35. The number of halogens is 3. The Morgan fingerprint density at radius 2 is 1.84 bits per heavy atom. The van der Waals surface area contributed by atoms with Gasteiger partial charge in [-0.2, -0.15) is 13.2 Å². The Morgan fingerprint density at radius 3 is 2.54 bits per heavy atom. The van der Waals surface area contributed by atoms with E-state index in [1.807, 2.05) is 17.9 Å². The summed E-state index contributed by atoms with van der Waals surface area (Å²) in [6.45, 7) is 9.17. The SMILES string of the molecule is Cc1ccc(NCN2CC[C@@H](CC(F)(F)F)C2)cc1-c1cc(N2CCOCC2)nc(N2C[C@@H](O)[C@@H]2C)c1. The molecule has 37 heavy (non-hydrogen) atoms. The highest BCUT2D eigenvalue weighted by atomic mass is 19.4. The van der Waals surface area contributed by atoms with E-state index in [2.05, 4.69) is 46.3 Å². The molecule has 10 heteroatoms. The van der Waals surface area contributed by atoms with Crippen LogP contribution in [-0.4, -0.2) is 85.9 Å². The van der Waals surface area contributed by atoms with Gasteiger partial charge in [0.25, 0.3) is 0 Å². The average Bonchev–Trinajstić information content (AvgIpc) is 3.32. The number of pyridine rings is 1. The second-order valence-corrected chi connectivity index (χ2v) is 10.5. The van der Waals surface area contributed by atoms with Gasteiger partial charge in [0, 0.05) is 44.8 Å². The van der Waals surface area contributed by atoms with E-state index in [1.165, 1.54) is 0 Å². The molecule has 0 saturated carbocycles. The van der Waals surface area contributed by atoms with Crippen molar-refractivity contribution in [3.05, 3.63) is 35.9 Å². The number of alkyl halides is 3. The summed E-state index contributed by atoms with van der Waals surface area (Å²) < 4.78 is 43.8. The smallest absolute Gasteiger partial charge is 0.389 e. The van der Waals surface area contributed by atoms with Crippen molar-refractivity contribution in [1.82, 2.24) is 9.88 Å². The van der Waals surface area contributed by atoms with Gasteiger partial charge in [0.2, 0.25) is 0 Å². The monoisotopic (exact) mass is 519 g/mol. The molecule has 0 unspecified atom stereocenters. The van der Waals surface area contributed by atoms with E-state index in [0.717, 1.165) is 47.1 Å².